The van der Waals surface area contributed by atoms with Crippen molar-refractivity contribution >= 4 is 33.7 Å². The van der Waals surface area contributed by atoms with Crippen molar-refractivity contribution < 1.29 is 9.53 Å². The van der Waals surface area contributed by atoms with Gasteiger partial charge in [-0.25, -0.2) is 14.6 Å². The monoisotopic (exact) mass is 456 g/mol. The number of hydrogen-bond donors (Lipinski definition) is 1. The highest BCUT2D eigenvalue weighted by atomic mass is 16.5. The van der Waals surface area contributed by atoms with E-state index in [9.17, 15) is 4.79 Å². The maximum atomic E-state index is 12.4. The Labute approximate surface area is 196 Å². The Morgan fingerprint density at radius 1 is 1.32 bits per heavy atom. The molecule has 34 heavy (non-hydrogen) atoms. The molecule has 4 aromatic rings. The number of aromatic nitrogens is 6. The van der Waals surface area contributed by atoms with Gasteiger partial charge in [-0.1, -0.05) is 12.5 Å². The van der Waals surface area contributed by atoms with Crippen LogP contribution in [0, 0.1) is 11.8 Å². The minimum absolute atomic E-state index is 0.0836. The van der Waals surface area contributed by atoms with Crippen molar-refractivity contribution in [3.63, 3.8) is 0 Å². The second kappa shape index (κ2) is 8.61. The number of anilines is 1. The first-order valence-electron chi connectivity index (χ1n) is 10.8. The van der Waals surface area contributed by atoms with Crippen molar-refractivity contribution in [1.29, 1.82) is 0 Å². The normalized spacial score (nSPS) is 17.8. The zero-order valence-electron chi connectivity index (χ0n) is 19.0. The molecule has 1 aromatic carbocycles. The fourth-order valence-corrected chi connectivity index (χ4v) is 4.50. The Morgan fingerprint density at radius 2 is 2.18 bits per heavy atom. The maximum absolute atomic E-state index is 12.4. The molecule has 0 bridgehead atoms. The summed E-state index contributed by atoms with van der Waals surface area (Å²) in [6, 6.07) is 5.65. The van der Waals surface area contributed by atoms with Crippen LogP contribution in [0.1, 0.15) is 23.7 Å². The third kappa shape index (κ3) is 3.76. The molecule has 0 aliphatic carbocycles. The largest absolute Gasteiger partial charge is 0.383 e. The van der Waals surface area contributed by atoms with Gasteiger partial charge in [0.15, 0.2) is 5.65 Å². The lowest BCUT2D eigenvalue weighted by molar-refractivity contribution is -0.127. The third-order valence-corrected chi connectivity index (χ3v) is 6.02. The quantitative estimate of drug-likeness (QED) is 0.367. The molecule has 2 atom stereocenters. The number of likely N-dealkylation sites (tertiary alicyclic amines) is 1. The van der Waals surface area contributed by atoms with Gasteiger partial charge in [-0.15, -0.1) is 0 Å². The lowest BCUT2D eigenvalue weighted by Crippen LogP contribution is -2.37. The molecule has 1 fully saturated rings. The zero-order valence-corrected chi connectivity index (χ0v) is 19.0. The number of benzene rings is 1. The van der Waals surface area contributed by atoms with Crippen LogP contribution in [-0.4, -0.2) is 66.6 Å². The van der Waals surface area contributed by atoms with E-state index in [2.05, 4.69) is 33.5 Å². The van der Waals surface area contributed by atoms with Crippen LogP contribution in [-0.2, 0) is 16.6 Å². The van der Waals surface area contributed by atoms with Crippen LogP contribution in [0.3, 0.4) is 0 Å². The van der Waals surface area contributed by atoms with Gasteiger partial charge in [0.05, 0.1) is 29.6 Å². The molecule has 10 nitrogen and oxygen atoms in total. The van der Waals surface area contributed by atoms with Gasteiger partial charge in [0, 0.05) is 37.8 Å². The SMILES string of the molecule is C=CC(=O)N1C[C@@H](n2nc(C#Cc3ccc4nn(C)cc4c3)c3c(N)ncnc32)C[C@@H]1COC. The lowest BCUT2D eigenvalue weighted by Gasteiger charge is -2.22. The molecule has 4 heterocycles. The number of aryl methyl sites for hydroxylation is 1. The molecule has 1 aliphatic rings. The molecule has 2 N–H and O–H groups in total. The number of carbonyl (C=O) groups excluding carboxylic acids is 1. The van der Waals surface area contributed by atoms with Gasteiger partial charge in [0.25, 0.3) is 0 Å². The summed E-state index contributed by atoms with van der Waals surface area (Å²) in [5, 5.41) is 10.8. The van der Waals surface area contributed by atoms with Crippen LogP contribution < -0.4 is 5.73 Å². The van der Waals surface area contributed by atoms with Gasteiger partial charge in [-0.3, -0.25) is 9.48 Å². The van der Waals surface area contributed by atoms with Gasteiger partial charge >= 0.3 is 0 Å². The molecule has 5 rings (SSSR count). The van der Waals surface area contributed by atoms with Crippen LogP contribution in [0.4, 0.5) is 5.82 Å². The lowest BCUT2D eigenvalue weighted by atomic mass is 10.1. The summed E-state index contributed by atoms with van der Waals surface area (Å²) in [5.74, 6) is 6.51. The van der Waals surface area contributed by atoms with Gasteiger partial charge < -0.3 is 15.4 Å². The summed E-state index contributed by atoms with van der Waals surface area (Å²) in [6.07, 6.45) is 5.35. The van der Waals surface area contributed by atoms with E-state index >= 15 is 0 Å². The average Bonchev–Trinajstić information content (AvgIpc) is 3.51. The summed E-state index contributed by atoms with van der Waals surface area (Å²) in [4.78, 5) is 22.7. The fraction of sp³-hybridized carbons (Fsp3) is 0.292. The molecule has 0 unspecified atom stereocenters. The first kappa shape index (κ1) is 21.6. The van der Waals surface area contributed by atoms with E-state index in [1.165, 1.54) is 12.4 Å². The maximum Gasteiger partial charge on any atom is 0.246 e. The van der Waals surface area contributed by atoms with E-state index in [0.29, 0.717) is 42.1 Å². The predicted molar refractivity (Wildman–Crippen MR) is 128 cm³/mol. The molecule has 0 saturated carbocycles. The minimum atomic E-state index is -0.138. The van der Waals surface area contributed by atoms with Gasteiger partial charge in [-0.2, -0.15) is 10.2 Å². The summed E-state index contributed by atoms with van der Waals surface area (Å²) >= 11 is 0. The molecule has 0 spiro atoms. The highest BCUT2D eigenvalue weighted by molar-refractivity contribution is 5.91. The van der Waals surface area contributed by atoms with E-state index in [1.54, 1.807) is 21.4 Å². The van der Waals surface area contributed by atoms with Gasteiger partial charge in [0.1, 0.15) is 17.8 Å². The van der Waals surface area contributed by atoms with Crippen LogP contribution >= 0.6 is 0 Å². The minimum Gasteiger partial charge on any atom is -0.383 e. The Morgan fingerprint density at radius 3 is 2.97 bits per heavy atom. The Kier molecular flexibility index (Phi) is 5.47. The molecular formula is C24H24N8O2. The van der Waals surface area contributed by atoms with Gasteiger partial charge in [-0.05, 0) is 36.6 Å². The van der Waals surface area contributed by atoms with Crippen molar-refractivity contribution in [1.82, 2.24) is 34.4 Å². The number of nitrogens with two attached hydrogens (primary N) is 1. The number of hydrogen-bond acceptors (Lipinski definition) is 7. The summed E-state index contributed by atoms with van der Waals surface area (Å²) in [6.45, 7) is 4.51. The van der Waals surface area contributed by atoms with Crippen molar-refractivity contribution in [3.8, 4) is 11.8 Å². The smallest absolute Gasteiger partial charge is 0.246 e. The average molecular weight is 457 g/mol. The molecule has 1 saturated heterocycles. The van der Waals surface area contributed by atoms with E-state index < -0.39 is 0 Å². The van der Waals surface area contributed by atoms with Crippen molar-refractivity contribution in [2.45, 2.75) is 18.5 Å². The summed E-state index contributed by atoms with van der Waals surface area (Å²) in [7, 11) is 3.51. The summed E-state index contributed by atoms with van der Waals surface area (Å²) < 4.78 is 8.91. The van der Waals surface area contributed by atoms with Crippen LogP contribution in [0.5, 0.6) is 0 Å². The summed E-state index contributed by atoms with van der Waals surface area (Å²) in [5.41, 5.74) is 9.04. The number of nitrogens with zero attached hydrogens (tertiary/aromatic N) is 7. The van der Waals surface area contributed by atoms with E-state index in [4.69, 9.17) is 15.6 Å². The van der Waals surface area contributed by atoms with Crippen LogP contribution in [0.2, 0.25) is 0 Å². The second-order valence-electron chi connectivity index (χ2n) is 8.27. The first-order chi connectivity index (χ1) is 16.5. The van der Waals surface area contributed by atoms with E-state index in [1.807, 2.05) is 31.4 Å². The van der Waals surface area contributed by atoms with Crippen molar-refractivity contribution in [2.24, 2.45) is 7.05 Å². The molecule has 1 amide bonds. The number of nitrogen functional groups attached to an aromatic ring is 1. The highest BCUT2D eigenvalue weighted by Gasteiger charge is 2.37. The molecule has 1 aliphatic heterocycles. The number of carbonyl (C=O) groups is 1. The number of methoxy groups -OCH3 is 1. The van der Waals surface area contributed by atoms with E-state index in [0.717, 1.165) is 16.5 Å². The third-order valence-electron chi connectivity index (χ3n) is 6.02. The molecule has 10 heteroatoms. The Bertz CT molecular complexity index is 1470. The van der Waals surface area contributed by atoms with Crippen LogP contribution in [0.15, 0.2) is 43.4 Å². The highest BCUT2D eigenvalue weighted by Crippen LogP contribution is 2.32. The Hall–Kier alpha value is -4.23. The number of amides is 1. The first-order valence-corrected chi connectivity index (χ1v) is 10.8. The van der Waals surface area contributed by atoms with E-state index in [-0.39, 0.29) is 18.0 Å². The fourth-order valence-electron chi connectivity index (χ4n) is 4.50. The predicted octanol–water partition coefficient (Wildman–Crippen LogP) is 1.67. The Balaban J connectivity index is 1.54. The molecule has 0 radical (unpaired) electrons. The number of rotatable bonds is 4. The zero-order chi connectivity index (χ0) is 23.8. The molecule has 3 aromatic heterocycles. The number of fused-ring (bicyclic) bond motifs is 2. The van der Waals surface area contributed by atoms with Crippen molar-refractivity contribution in [2.75, 3.05) is 26.0 Å². The molecule has 172 valence electrons. The van der Waals surface area contributed by atoms with Crippen LogP contribution in [0.25, 0.3) is 21.9 Å². The van der Waals surface area contributed by atoms with Gasteiger partial charge in [0.2, 0.25) is 5.91 Å². The topological polar surface area (TPSA) is 117 Å². The standard InChI is InChI=1S/C24H24N8O2/c1-4-21(33)31-12-17(10-18(31)13-34-3)32-24-22(23(25)26-14-27-24)20(29-32)8-6-15-5-7-19-16(9-15)11-30(2)28-19/h4-5,7,9,11,14,17-18H,1,10,12-13H2,2-3H3,(H2,25,26,27)/t17-,18+/m0/s1. The second-order valence-corrected chi connectivity index (χ2v) is 8.27. The number of ether oxygens (including phenoxy) is 1. The van der Waals surface area contributed by atoms with Crippen molar-refractivity contribution in [3.05, 3.63) is 54.6 Å². The molecular weight excluding hydrogens is 432 g/mol.